The Bertz CT molecular complexity index is 389. The van der Waals surface area contributed by atoms with E-state index in [1.54, 1.807) is 11.3 Å². The maximum absolute atomic E-state index is 4.47. The summed E-state index contributed by atoms with van der Waals surface area (Å²) >= 11 is 1.63. The Balaban J connectivity index is 0.00000324. The molecular formula is C12H24IN5S. The predicted octanol–water partition coefficient (Wildman–Crippen LogP) is 2.53. The molecule has 0 radical (unpaired) electrons. The molecule has 1 aromatic rings. The first-order chi connectivity index (χ1) is 8.47. The number of nitrogens with one attached hydrogen (secondary N) is 2. The number of aliphatic imine (C=N–C) groups is 1. The van der Waals surface area contributed by atoms with Crippen molar-refractivity contribution in [1.29, 1.82) is 0 Å². The highest BCUT2D eigenvalue weighted by Crippen LogP contribution is 2.25. The SMILES string of the molecule is CCNC(=NCc1nnc(C(C)(C)C)s1)NCC.I. The number of hydrogen-bond acceptors (Lipinski definition) is 4. The third-order valence-corrected chi connectivity index (χ3v) is 3.50. The highest BCUT2D eigenvalue weighted by atomic mass is 127. The molecular weight excluding hydrogens is 373 g/mol. The minimum atomic E-state index is 0. The summed E-state index contributed by atoms with van der Waals surface area (Å²) in [6.07, 6.45) is 0. The molecule has 7 heteroatoms. The van der Waals surface area contributed by atoms with Gasteiger partial charge in [0.25, 0.3) is 0 Å². The minimum Gasteiger partial charge on any atom is -0.357 e. The zero-order valence-electron chi connectivity index (χ0n) is 12.3. The molecule has 0 aliphatic heterocycles. The molecule has 0 unspecified atom stereocenters. The number of guanidine groups is 1. The third kappa shape index (κ3) is 6.51. The molecule has 2 N–H and O–H groups in total. The van der Waals surface area contributed by atoms with Gasteiger partial charge in [-0.25, -0.2) is 4.99 Å². The smallest absolute Gasteiger partial charge is 0.191 e. The monoisotopic (exact) mass is 397 g/mol. The largest absolute Gasteiger partial charge is 0.357 e. The highest BCUT2D eigenvalue weighted by molar-refractivity contribution is 14.0. The standard InChI is InChI=1S/C12H23N5S.HI/c1-6-13-11(14-7-2)15-8-9-16-17-10(18-9)12(3,4)5;/h6-8H2,1-5H3,(H2,13,14,15);1H. The summed E-state index contributed by atoms with van der Waals surface area (Å²) < 4.78 is 0. The molecule has 0 spiro atoms. The molecule has 0 fully saturated rings. The molecule has 0 saturated heterocycles. The van der Waals surface area contributed by atoms with Crippen LogP contribution in [0.5, 0.6) is 0 Å². The lowest BCUT2D eigenvalue weighted by molar-refractivity contribution is 0.577. The number of aromatic nitrogens is 2. The van der Waals surface area contributed by atoms with Gasteiger partial charge < -0.3 is 10.6 Å². The van der Waals surface area contributed by atoms with Crippen molar-refractivity contribution in [1.82, 2.24) is 20.8 Å². The van der Waals surface area contributed by atoms with Crippen LogP contribution in [0.1, 0.15) is 44.6 Å². The van der Waals surface area contributed by atoms with E-state index in [1.165, 1.54) is 0 Å². The first-order valence-corrected chi connectivity index (χ1v) is 7.14. The summed E-state index contributed by atoms with van der Waals surface area (Å²) in [6, 6.07) is 0. The second-order valence-electron chi connectivity index (χ2n) is 4.98. The highest BCUT2D eigenvalue weighted by Gasteiger charge is 2.19. The first kappa shape index (κ1) is 18.6. The van der Waals surface area contributed by atoms with E-state index in [0.29, 0.717) is 6.54 Å². The van der Waals surface area contributed by atoms with Gasteiger partial charge in [0, 0.05) is 18.5 Å². The second-order valence-corrected chi connectivity index (χ2v) is 6.04. The molecule has 0 saturated carbocycles. The van der Waals surface area contributed by atoms with Crippen molar-refractivity contribution in [3.05, 3.63) is 10.0 Å². The molecule has 1 heterocycles. The van der Waals surface area contributed by atoms with Crippen LogP contribution in [-0.2, 0) is 12.0 Å². The van der Waals surface area contributed by atoms with Gasteiger partial charge in [0.1, 0.15) is 10.0 Å². The van der Waals surface area contributed by atoms with Crippen molar-refractivity contribution < 1.29 is 0 Å². The van der Waals surface area contributed by atoms with Crippen LogP contribution in [0.2, 0.25) is 0 Å². The lowest BCUT2D eigenvalue weighted by atomic mass is 9.98. The molecule has 19 heavy (non-hydrogen) atoms. The first-order valence-electron chi connectivity index (χ1n) is 6.32. The van der Waals surface area contributed by atoms with Crippen molar-refractivity contribution in [3.63, 3.8) is 0 Å². The lowest BCUT2D eigenvalue weighted by Gasteiger charge is -2.12. The summed E-state index contributed by atoms with van der Waals surface area (Å²) in [4.78, 5) is 4.47. The molecule has 1 aromatic heterocycles. The van der Waals surface area contributed by atoms with E-state index >= 15 is 0 Å². The van der Waals surface area contributed by atoms with Gasteiger partial charge in [-0.2, -0.15) is 0 Å². The van der Waals surface area contributed by atoms with Gasteiger partial charge in [0.15, 0.2) is 5.96 Å². The topological polar surface area (TPSA) is 62.2 Å². The molecule has 5 nitrogen and oxygen atoms in total. The van der Waals surface area contributed by atoms with Crippen molar-refractivity contribution in [2.24, 2.45) is 4.99 Å². The van der Waals surface area contributed by atoms with Gasteiger partial charge in [-0.15, -0.1) is 34.2 Å². The van der Waals surface area contributed by atoms with Gasteiger partial charge in [-0.05, 0) is 13.8 Å². The van der Waals surface area contributed by atoms with E-state index in [0.717, 1.165) is 29.1 Å². The molecule has 110 valence electrons. The molecule has 0 aliphatic rings. The normalized spacial score (nSPS) is 10.6. The zero-order chi connectivity index (χ0) is 13.6. The molecule has 1 rings (SSSR count). The molecule has 0 aromatic carbocycles. The van der Waals surface area contributed by atoms with Gasteiger partial charge in [0.2, 0.25) is 0 Å². The average molecular weight is 397 g/mol. The summed E-state index contributed by atoms with van der Waals surface area (Å²) in [6.45, 7) is 12.8. The fraction of sp³-hybridized carbons (Fsp3) is 0.750. The average Bonchev–Trinajstić information content (AvgIpc) is 2.75. The Hall–Kier alpha value is -0.440. The van der Waals surface area contributed by atoms with Gasteiger partial charge >= 0.3 is 0 Å². The summed E-state index contributed by atoms with van der Waals surface area (Å²) in [5.41, 5.74) is 0.0613. The van der Waals surface area contributed by atoms with E-state index in [2.05, 4.69) is 60.4 Å². The molecule has 0 amide bonds. The maximum atomic E-state index is 4.47. The summed E-state index contributed by atoms with van der Waals surface area (Å²) in [5.74, 6) is 0.826. The number of nitrogens with zero attached hydrogens (tertiary/aromatic N) is 3. The van der Waals surface area contributed by atoms with Crippen LogP contribution in [0.25, 0.3) is 0 Å². The van der Waals surface area contributed by atoms with E-state index < -0.39 is 0 Å². The molecule has 0 aliphatic carbocycles. The van der Waals surface area contributed by atoms with Crippen LogP contribution >= 0.6 is 35.3 Å². The van der Waals surface area contributed by atoms with Crippen LogP contribution in [0.3, 0.4) is 0 Å². The van der Waals surface area contributed by atoms with E-state index in [4.69, 9.17) is 0 Å². The second kappa shape index (κ2) is 8.68. The summed E-state index contributed by atoms with van der Waals surface area (Å²) in [5, 5.41) is 16.8. The van der Waals surface area contributed by atoms with Crippen molar-refractivity contribution in [3.8, 4) is 0 Å². The molecule has 0 bridgehead atoms. The van der Waals surface area contributed by atoms with Crippen LogP contribution in [0.15, 0.2) is 4.99 Å². The lowest BCUT2D eigenvalue weighted by Crippen LogP contribution is -2.36. The quantitative estimate of drug-likeness (QED) is 0.466. The van der Waals surface area contributed by atoms with Crippen molar-refractivity contribution >= 4 is 41.3 Å². The predicted molar refractivity (Wildman–Crippen MR) is 92.5 cm³/mol. The Morgan fingerprint density at radius 1 is 1.16 bits per heavy atom. The van der Waals surface area contributed by atoms with Crippen LogP contribution in [0.4, 0.5) is 0 Å². The van der Waals surface area contributed by atoms with E-state index in [-0.39, 0.29) is 29.4 Å². The fourth-order valence-corrected chi connectivity index (χ4v) is 2.10. The van der Waals surface area contributed by atoms with Crippen LogP contribution in [0, 0.1) is 0 Å². The number of halogens is 1. The Morgan fingerprint density at radius 3 is 2.16 bits per heavy atom. The summed E-state index contributed by atoms with van der Waals surface area (Å²) in [7, 11) is 0. The Kier molecular flexibility index (Phi) is 8.47. The van der Waals surface area contributed by atoms with Crippen LogP contribution in [-0.4, -0.2) is 29.2 Å². The fourth-order valence-electron chi connectivity index (χ4n) is 1.28. The third-order valence-electron chi connectivity index (χ3n) is 2.17. The Morgan fingerprint density at radius 2 is 1.74 bits per heavy atom. The Labute approximate surface area is 136 Å². The van der Waals surface area contributed by atoms with Gasteiger partial charge in [-0.1, -0.05) is 32.1 Å². The van der Waals surface area contributed by atoms with E-state index in [1.807, 2.05) is 0 Å². The van der Waals surface area contributed by atoms with Crippen molar-refractivity contribution in [2.75, 3.05) is 13.1 Å². The zero-order valence-corrected chi connectivity index (χ0v) is 15.4. The number of hydrogen-bond donors (Lipinski definition) is 2. The van der Waals surface area contributed by atoms with Crippen molar-refractivity contribution in [2.45, 2.75) is 46.6 Å². The molecule has 0 atom stereocenters. The van der Waals surface area contributed by atoms with Gasteiger partial charge in [-0.3, -0.25) is 0 Å². The minimum absolute atomic E-state index is 0. The van der Waals surface area contributed by atoms with E-state index in [9.17, 15) is 0 Å². The number of rotatable bonds is 4. The van der Waals surface area contributed by atoms with Crippen LogP contribution < -0.4 is 10.6 Å². The maximum Gasteiger partial charge on any atom is 0.191 e. The van der Waals surface area contributed by atoms with Gasteiger partial charge in [0.05, 0.1) is 6.54 Å².